The highest BCUT2D eigenvalue weighted by Crippen LogP contribution is 2.20. The minimum absolute atomic E-state index is 0.0505. The largest absolute Gasteiger partial charge is 0.377 e. The topological polar surface area (TPSA) is 75.7 Å². The van der Waals surface area contributed by atoms with E-state index in [2.05, 4.69) is 5.32 Å². The Bertz CT molecular complexity index is 377. The Hall–Kier alpha value is -0.660. The second-order valence-electron chi connectivity index (χ2n) is 4.27. The van der Waals surface area contributed by atoms with Gasteiger partial charge >= 0.3 is 0 Å². The summed E-state index contributed by atoms with van der Waals surface area (Å²) in [6.07, 6.45) is 2.49. The van der Waals surface area contributed by atoms with Gasteiger partial charge in [-0.05, 0) is 12.8 Å². The molecule has 7 heteroatoms. The molecule has 0 aromatic carbocycles. The number of hydrogen-bond donors (Lipinski definition) is 1. The van der Waals surface area contributed by atoms with E-state index in [0.717, 1.165) is 12.7 Å². The first-order valence-electron chi connectivity index (χ1n) is 5.33. The van der Waals surface area contributed by atoms with E-state index in [1.165, 1.54) is 4.31 Å². The molecular formula is C9H16N2O4S. The van der Waals surface area contributed by atoms with Crippen molar-refractivity contribution in [1.29, 1.82) is 0 Å². The average molecular weight is 248 g/mol. The van der Waals surface area contributed by atoms with Crippen LogP contribution in [0.2, 0.25) is 0 Å². The van der Waals surface area contributed by atoms with Gasteiger partial charge in [0.05, 0.1) is 25.5 Å². The summed E-state index contributed by atoms with van der Waals surface area (Å²) in [6, 6.07) is -0.481. The number of carbonyl (C=O) groups is 1. The minimum Gasteiger partial charge on any atom is -0.377 e. The van der Waals surface area contributed by atoms with Gasteiger partial charge in [0.1, 0.15) is 6.04 Å². The van der Waals surface area contributed by atoms with Crippen LogP contribution in [0.1, 0.15) is 12.8 Å². The van der Waals surface area contributed by atoms with Gasteiger partial charge in [-0.2, -0.15) is 4.31 Å². The standard InChI is InChI=1S/C9H16N2O4S/c1-16(13,14)11-4-2-3-8(11)9(12)10-7-5-15-6-7/h7-8H,2-6H2,1H3,(H,10,12). The predicted octanol–water partition coefficient (Wildman–Crippen LogP) is -1.07. The zero-order valence-electron chi connectivity index (χ0n) is 9.18. The highest BCUT2D eigenvalue weighted by atomic mass is 32.2. The van der Waals surface area contributed by atoms with Crippen molar-refractivity contribution in [1.82, 2.24) is 9.62 Å². The average Bonchev–Trinajstić information content (AvgIpc) is 2.58. The number of nitrogens with zero attached hydrogens (tertiary/aromatic N) is 1. The molecule has 1 atom stereocenters. The van der Waals surface area contributed by atoms with Crippen molar-refractivity contribution in [2.24, 2.45) is 0 Å². The molecule has 0 bridgehead atoms. The molecule has 0 saturated carbocycles. The summed E-state index contributed by atoms with van der Waals surface area (Å²) in [6.45, 7) is 1.49. The lowest BCUT2D eigenvalue weighted by molar-refractivity contribution is -0.128. The maximum Gasteiger partial charge on any atom is 0.238 e. The molecule has 0 aliphatic carbocycles. The van der Waals surface area contributed by atoms with Crippen molar-refractivity contribution in [3.63, 3.8) is 0 Å². The molecule has 6 nitrogen and oxygen atoms in total. The third-order valence-corrected chi connectivity index (χ3v) is 4.21. The molecular weight excluding hydrogens is 232 g/mol. The Kier molecular flexibility index (Phi) is 3.18. The summed E-state index contributed by atoms with van der Waals surface area (Å²) < 4.78 is 29.1. The molecule has 2 fully saturated rings. The smallest absolute Gasteiger partial charge is 0.238 e. The Morgan fingerprint density at radius 2 is 2.12 bits per heavy atom. The Balaban J connectivity index is 1.99. The van der Waals surface area contributed by atoms with Gasteiger partial charge in [0.15, 0.2) is 0 Å². The number of ether oxygens (including phenoxy) is 1. The first-order valence-corrected chi connectivity index (χ1v) is 7.18. The van der Waals surface area contributed by atoms with E-state index in [9.17, 15) is 13.2 Å². The van der Waals surface area contributed by atoms with Gasteiger partial charge in [-0.15, -0.1) is 0 Å². The summed E-state index contributed by atoms with van der Waals surface area (Å²) in [5.74, 6) is -0.198. The first-order chi connectivity index (χ1) is 7.48. The molecule has 0 radical (unpaired) electrons. The zero-order chi connectivity index (χ0) is 11.8. The normalized spacial score (nSPS) is 27.7. The maximum absolute atomic E-state index is 11.8. The summed E-state index contributed by atoms with van der Waals surface area (Å²) in [7, 11) is -3.28. The number of nitrogens with one attached hydrogen (secondary N) is 1. The summed E-state index contributed by atoms with van der Waals surface area (Å²) >= 11 is 0. The lowest BCUT2D eigenvalue weighted by Gasteiger charge is -2.29. The summed E-state index contributed by atoms with van der Waals surface area (Å²) in [5, 5.41) is 2.79. The molecule has 0 aromatic heterocycles. The highest BCUT2D eigenvalue weighted by molar-refractivity contribution is 7.88. The van der Waals surface area contributed by atoms with Crippen LogP contribution in [0.3, 0.4) is 0 Å². The van der Waals surface area contributed by atoms with E-state index in [4.69, 9.17) is 4.74 Å². The second-order valence-corrected chi connectivity index (χ2v) is 6.21. The van der Waals surface area contributed by atoms with Gasteiger partial charge in [0.2, 0.25) is 15.9 Å². The van der Waals surface area contributed by atoms with Crippen LogP contribution in [-0.4, -0.2) is 56.7 Å². The molecule has 2 aliphatic rings. The molecule has 1 amide bonds. The molecule has 92 valence electrons. The van der Waals surface area contributed by atoms with Crippen molar-refractivity contribution in [3.05, 3.63) is 0 Å². The van der Waals surface area contributed by atoms with Crippen LogP contribution < -0.4 is 5.32 Å². The molecule has 2 rings (SSSR count). The Labute approximate surface area is 95.0 Å². The fourth-order valence-electron chi connectivity index (χ4n) is 2.02. The number of rotatable bonds is 3. The predicted molar refractivity (Wildman–Crippen MR) is 57.3 cm³/mol. The van der Waals surface area contributed by atoms with Crippen molar-refractivity contribution in [3.8, 4) is 0 Å². The highest BCUT2D eigenvalue weighted by Gasteiger charge is 2.37. The van der Waals surface area contributed by atoms with Crippen molar-refractivity contribution >= 4 is 15.9 Å². The zero-order valence-corrected chi connectivity index (χ0v) is 10.00. The van der Waals surface area contributed by atoms with Gasteiger partial charge in [0.25, 0.3) is 0 Å². The van der Waals surface area contributed by atoms with Gasteiger partial charge in [-0.1, -0.05) is 0 Å². The molecule has 2 heterocycles. The Morgan fingerprint density at radius 1 is 1.44 bits per heavy atom. The van der Waals surface area contributed by atoms with Gasteiger partial charge < -0.3 is 10.1 Å². The fourth-order valence-corrected chi connectivity index (χ4v) is 3.14. The van der Waals surface area contributed by atoms with Crippen molar-refractivity contribution < 1.29 is 17.9 Å². The second kappa shape index (κ2) is 4.31. The van der Waals surface area contributed by atoms with Crippen LogP contribution >= 0.6 is 0 Å². The van der Waals surface area contributed by atoms with E-state index < -0.39 is 16.1 Å². The van der Waals surface area contributed by atoms with Crippen LogP contribution in [-0.2, 0) is 19.6 Å². The lowest BCUT2D eigenvalue weighted by Crippen LogP contribution is -2.54. The van der Waals surface area contributed by atoms with Crippen LogP contribution in [0.5, 0.6) is 0 Å². The Morgan fingerprint density at radius 3 is 2.62 bits per heavy atom. The van der Waals surface area contributed by atoms with Crippen LogP contribution in [0.25, 0.3) is 0 Å². The molecule has 16 heavy (non-hydrogen) atoms. The molecule has 2 saturated heterocycles. The molecule has 0 spiro atoms. The first kappa shape index (κ1) is 11.8. The van der Waals surface area contributed by atoms with Gasteiger partial charge in [-0.3, -0.25) is 4.79 Å². The molecule has 0 aromatic rings. The molecule has 2 aliphatic heterocycles. The van der Waals surface area contributed by atoms with E-state index in [1.807, 2.05) is 0 Å². The lowest BCUT2D eigenvalue weighted by atomic mass is 10.2. The van der Waals surface area contributed by atoms with Gasteiger partial charge in [0, 0.05) is 6.54 Å². The number of hydrogen-bond acceptors (Lipinski definition) is 4. The number of carbonyl (C=O) groups excluding carboxylic acids is 1. The quantitative estimate of drug-likeness (QED) is 0.689. The van der Waals surface area contributed by atoms with E-state index in [1.54, 1.807) is 0 Å². The van der Waals surface area contributed by atoms with Crippen molar-refractivity contribution in [2.75, 3.05) is 26.0 Å². The van der Waals surface area contributed by atoms with Crippen molar-refractivity contribution in [2.45, 2.75) is 24.9 Å². The van der Waals surface area contributed by atoms with Gasteiger partial charge in [-0.25, -0.2) is 8.42 Å². The van der Waals surface area contributed by atoms with E-state index >= 15 is 0 Å². The summed E-state index contributed by atoms with van der Waals surface area (Å²) in [5.41, 5.74) is 0. The van der Waals surface area contributed by atoms with Crippen LogP contribution in [0, 0.1) is 0 Å². The van der Waals surface area contributed by atoms with Crippen LogP contribution in [0.15, 0.2) is 0 Å². The van der Waals surface area contributed by atoms with Crippen LogP contribution in [0.4, 0.5) is 0 Å². The third kappa shape index (κ3) is 2.36. The molecule has 1 N–H and O–H groups in total. The fraction of sp³-hybridized carbons (Fsp3) is 0.889. The van der Waals surface area contributed by atoms with E-state index in [-0.39, 0.29) is 11.9 Å². The van der Waals surface area contributed by atoms with E-state index in [0.29, 0.717) is 26.2 Å². The molecule has 1 unspecified atom stereocenters. The number of sulfonamides is 1. The third-order valence-electron chi connectivity index (χ3n) is 2.92. The summed E-state index contributed by atoms with van der Waals surface area (Å²) in [4.78, 5) is 11.8. The monoisotopic (exact) mass is 248 g/mol. The number of amides is 1. The SMILES string of the molecule is CS(=O)(=O)N1CCCC1C(=O)NC1COC1. The maximum atomic E-state index is 11.8. The minimum atomic E-state index is -3.28.